The van der Waals surface area contributed by atoms with Crippen molar-refractivity contribution in [3.8, 4) is 5.75 Å². The van der Waals surface area contributed by atoms with Gasteiger partial charge in [0, 0.05) is 12.8 Å². The number of hydrogen-bond donors (Lipinski definition) is 4. The molecular formula is C34H38O4. The van der Waals surface area contributed by atoms with Gasteiger partial charge in [-0.3, -0.25) is 0 Å². The van der Waals surface area contributed by atoms with E-state index >= 15 is 0 Å². The van der Waals surface area contributed by atoms with Gasteiger partial charge in [0.15, 0.2) is 0 Å². The number of aryl methyl sites for hydroxylation is 4. The van der Waals surface area contributed by atoms with Crippen LogP contribution in [0.1, 0.15) is 72.3 Å². The standard InChI is InChI=1S/C34H38O4/c1-21-8-23(3)32(19-36)16-28(21)11-25-6-5-7-26(10-25)12-30-13-27(18-35)14-31(34(30)38)15-29-17-33(20-37)24(4)9-22(29)2/h5-10,13-14,16-17,35-38H,11-12,15,18-20H2,1-4H3. The van der Waals surface area contributed by atoms with Gasteiger partial charge in [0.25, 0.3) is 0 Å². The highest BCUT2D eigenvalue weighted by Crippen LogP contribution is 2.31. The quantitative estimate of drug-likeness (QED) is 0.227. The number of hydrogen-bond acceptors (Lipinski definition) is 4. The fraction of sp³-hybridized carbons (Fsp3) is 0.294. The van der Waals surface area contributed by atoms with Gasteiger partial charge >= 0.3 is 0 Å². The van der Waals surface area contributed by atoms with E-state index in [-0.39, 0.29) is 25.6 Å². The lowest BCUT2D eigenvalue weighted by Gasteiger charge is -2.16. The molecule has 0 aliphatic carbocycles. The van der Waals surface area contributed by atoms with Gasteiger partial charge in [-0.2, -0.15) is 0 Å². The van der Waals surface area contributed by atoms with Gasteiger partial charge in [-0.15, -0.1) is 0 Å². The Labute approximate surface area is 225 Å². The fourth-order valence-electron chi connectivity index (χ4n) is 5.31. The summed E-state index contributed by atoms with van der Waals surface area (Å²) in [5.74, 6) is 0.250. The van der Waals surface area contributed by atoms with Crippen molar-refractivity contribution in [2.75, 3.05) is 0 Å². The summed E-state index contributed by atoms with van der Waals surface area (Å²) in [7, 11) is 0. The highest BCUT2D eigenvalue weighted by atomic mass is 16.3. The third-order valence-electron chi connectivity index (χ3n) is 7.60. The zero-order valence-electron chi connectivity index (χ0n) is 22.8. The number of phenolic OH excluding ortho intramolecular Hbond substituents is 1. The van der Waals surface area contributed by atoms with E-state index in [0.29, 0.717) is 12.8 Å². The van der Waals surface area contributed by atoms with Gasteiger partial charge in [-0.1, -0.05) is 48.5 Å². The van der Waals surface area contributed by atoms with Crippen molar-refractivity contribution in [3.05, 3.63) is 133 Å². The summed E-state index contributed by atoms with van der Waals surface area (Å²) >= 11 is 0. The van der Waals surface area contributed by atoms with Crippen LogP contribution in [0.4, 0.5) is 0 Å². The Balaban J connectivity index is 1.63. The number of aliphatic hydroxyl groups is 3. The van der Waals surface area contributed by atoms with Crippen LogP contribution in [0.2, 0.25) is 0 Å². The Morgan fingerprint density at radius 3 is 1.39 bits per heavy atom. The zero-order valence-corrected chi connectivity index (χ0v) is 22.8. The van der Waals surface area contributed by atoms with Gasteiger partial charge in [-0.05, 0) is 119 Å². The van der Waals surface area contributed by atoms with Crippen LogP contribution in [0.25, 0.3) is 0 Å². The van der Waals surface area contributed by atoms with E-state index in [9.17, 15) is 20.4 Å². The molecule has 0 spiro atoms. The third-order valence-corrected chi connectivity index (χ3v) is 7.60. The average molecular weight is 511 g/mol. The molecule has 4 aromatic rings. The molecule has 0 unspecified atom stereocenters. The second-order valence-electron chi connectivity index (χ2n) is 10.5. The van der Waals surface area contributed by atoms with E-state index in [0.717, 1.165) is 62.1 Å². The van der Waals surface area contributed by atoms with Gasteiger partial charge in [0.05, 0.1) is 19.8 Å². The lowest BCUT2D eigenvalue weighted by Crippen LogP contribution is -2.01. The first-order valence-corrected chi connectivity index (χ1v) is 13.1. The lowest BCUT2D eigenvalue weighted by molar-refractivity contribution is 0.280. The maximum absolute atomic E-state index is 11.3. The topological polar surface area (TPSA) is 80.9 Å². The number of aromatic hydroxyl groups is 1. The first kappa shape index (κ1) is 27.6. The van der Waals surface area contributed by atoms with Crippen molar-refractivity contribution in [2.24, 2.45) is 0 Å². The Hall–Kier alpha value is -3.44. The molecule has 198 valence electrons. The molecule has 0 aliphatic rings. The van der Waals surface area contributed by atoms with Crippen molar-refractivity contribution >= 4 is 0 Å². The summed E-state index contributed by atoms with van der Waals surface area (Å²) in [5, 5.41) is 40.6. The van der Waals surface area contributed by atoms with Gasteiger partial charge in [-0.25, -0.2) is 0 Å². The molecule has 0 saturated carbocycles. The summed E-state index contributed by atoms with van der Waals surface area (Å²) in [6.07, 6.45) is 1.83. The van der Waals surface area contributed by atoms with Crippen molar-refractivity contribution in [2.45, 2.75) is 66.8 Å². The van der Waals surface area contributed by atoms with Crippen molar-refractivity contribution in [1.82, 2.24) is 0 Å². The Morgan fingerprint density at radius 2 is 0.895 bits per heavy atom. The largest absolute Gasteiger partial charge is 0.507 e. The molecule has 4 rings (SSSR count). The molecule has 4 aromatic carbocycles. The number of benzene rings is 4. The second kappa shape index (κ2) is 12.0. The molecule has 0 saturated heterocycles. The predicted octanol–water partition coefficient (Wildman–Crippen LogP) is 5.88. The Kier molecular flexibility index (Phi) is 8.68. The van der Waals surface area contributed by atoms with Crippen LogP contribution in [0, 0.1) is 27.7 Å². The molecule has 4 nitrogen and oxygen atoms in total. The first-order valence-electron chi connectivity index (χ1n) is 13.1. The fourth-order valence-corrected chi connectivity index (χ4v) is 5.31. The van der Waals surface area contributed by atoms with E-state index in [1.54, 1.807) is 0 Å². The maximum atomic E-state index is 11.3. The number of rotatable bonds is 9. The minimum atomic E-state index is -0.102. The van der Waals surface area contributed by atoms with Crippen LogP contribution in [0.3, 0.4) is 0 Å². The normalized spacial score (nSPS) is 11.2. The van der Waals surface area contributed by atoms with E-state index in [1.807, 2.05) is 45.0 Å². The van der Waals surface area contributed by atoms with Gasteiger partial charge in [0.2, 0.25) is 0 Å². The van der Waals surface area contributed by atoms with E-state index in [4.69, 9.17) is 0 Å². The summed E-state index contributed by atoms with van der Waals surface area (Å²) in [4.78, 5) is 0. The molecule has 0 amide bonds. The third kappa shape index (κ3) is 6.16. The number of aliphatic hydroxyl groups excluding tert-OH is 3. The van der Waals surface area contributed by atoms with Crippen molar-refractivity contribution in [3.63, 3.8) is 0 Å². The summed E-state index contributed by atoms with van der Waals surface area (Å²) in [6.45, 7) is 8.07. The minimum Gasteiger partial charge on any atom is -0.507 e. The monoisotopic (exact) mass is 510 g/mol. The molecule has 0 aliphatic heterocycles. The SMILES string of the molecule is Cc1cc(C)c(Cc2cccc(Cc3cc(CO)cc(Cc4cc(CO)c(C)cc4C)c3O)c2)cc1CO. The van der Waals surface area contributed by atoms with E-state index in [1.165, 1.54) is 16.7 Å². The van der Waals surface area contributed by atoms with E-state index in [2.05, 4.69) is 43.3 Å². The van der Waals surface area contributed by atoms with Crippen LogP contribution in [-0.2, 0) is 39.1 Å². The summed E-state index contributed by atoms with van der Waals surface area (Å²) in [6, 6.07) is 20.4. The van der Waals surface area contributed by atoms with Crippen LogP contribution in [-0.4, -0.2) is 20.4 Å². The second-order valence-corrected chi connectivity index (χ2v) is 10.5. The maximum Gasteiger partial charge on any atom is 0.122 e. The smallest absolute Gasteiger partial charge is 0.122 e. The summed E-state index contributed by atoms with van der Waals surface area (Å²) in [5.41, 5.74) is 13.1. The predicted molar refractivity (Wildman–Crippen MR) is 153 cm³/mol. The Bertz CT molecular complexity index is 1450. The highest BCUT2D eigenvalue weighted by molar-refractivity contribution is 5.50. The lowest BCUT2D eigenvalue weighted by atomic mass is 9.91. The highest BCUT2D eigenvalue weighted by Gasteiger charge is 2.14. The van der Waals surface area contributed by atoms with Crippen LogP contribution < -0.4 is 0 Å². The number of phenols is 1. The minimum absolute atomic E-state index is 0.0210. The molecule has 0 radical (unpaired) electrons. The first-order chi connectivity index (χ1) is 18.2. The van der Waals surface area contributed by atoms with Crippen LogP contribution >= 0.6 is 0 Å². The van der Waals surface area contributed by atoms with Crippen molar-refractivity contribution in [1.29, 1.82) is 0 Å². The molecular weight excluding hydrogens is 472 g/mol. The molecule has 0 heterocycles. The average Bonchev–Trinajstić information content (AvgIpc) is 2.89. The molecule has 0 atom stereocenters. The van der Waals surface area contributed by atoms with E-state index < -0.39 is 0 Å². The summed E-state index contributed by atoms with van der Waals surface area (Å²) < 4.78 is 0. The molecule has 4 heteroatoms. The van der Waals surface area contributed by atoms with Gasteiger partial charge < -0.3 is 20.4 Å². The van der Waals surface area contributed by atoms with Crippen molar-refractivity contribution < 1.29 is 20.4 Å². The van der Waals surface area contributed by atoms with Gasteiger partial charge in [0.1, 0.15) is 5.75 Å². The Morgan fingerprint density at radius 1 is 0.447 bits per heavy atom. The molecule has 0 aromatic heterocycles. The molecule has 38 heavy (non-hydrogen) atoms. The molecule has 0 bridgehead atoms. The van der Waals surface area contributed by atoms with Crippen LogP contribution in [0.15, 0.2) is 60.7 Å². The van der Waals surface area contributed by atoms with Crippen LogP contribution in [0.5, 0.6) is 5.75 Å². The molecule has 0 fully saturated rings. The molecule has 4 N–H and O–H groups in total. The zero-order chi connectivity index (χ0) is 27.4.